The highest BCUT2D eigenvalue weighted by Crippen LogP contribution is 2.26. The maximum absolute atomic E-state index is 13.6. The lowest BCUT2D eigenvalue weighted by Gasteiger charge is -2.32. The zero-order valence-corrected chi connectivity index (χ0v) is 15.6. The van der Waals surface area contributed by atoms with Gasteiger partial charge in [0.25, 0.3) is 0 Å². The van der Waals surface area contributed by atoms with Gasteiger partial charge in [0.2, 0.25) is 5.91 Å². The Morgan fingerprint density at radius 2 is 2.16 bits per heavy atom. The number of hydrogen-bond acceptors (Lipinski definition) is 3. The number of anilines is 1. The van der Waals surface area contributed by atoms with Crippen LogP contribution in [0.4, 0.5) is 10.1 Å². The number of nitrogens with zero attached hydrogens (tertiary/aromatic N) is 1. The largest absolute Gasteiger partial charge is 0.324 e. The van der Waals surface area contributed by atoms with Crippen molar-refractivity contribution in [2.75, 3.05) is 18.4 Å². The van der Waals surface area contributed by atoms with Crippen molar-refractivity contribution in [2.45, 2.75) is 32.2 Å². The second kappa shape index (κ2) is 8.79. The lowest BCUT2D eigenvalue weighted by molar-refractivity contribution is -0.116. The van der Waals surface area contributed by atoms with Gasteiger partial charge in [-0.3, -0.25) is 9.69 Å². The maximum atomic E-state index is 13.6. The molecule has 6 heteroatoms. The highest BCUT2D eigenvalue weighted by molar-refractivity contribution is 7.16. The van der Waals surface area contributed by atoms with Crippen LogP contribution in [0.15, 0.2) is 36.4 Å². The van der Waals surface area contributed by atoms with Crippen molar-refractivity contribution in [3.05, 3.63) is 51.4 Å². The molecule has 1 aromatic carbocycles. The maximum Gasteiger partial charge on any atom is 0.224 e. The first kappa shape index (κ1) is 18.4. The summed E-state index contributed by atoms with van der Waals surface area (Å²) < 4.78 is 14.4. The molecule has 2 heterocycles. The second-order valence-corrected chi connectivity index (χ2v) is 8.32. The molecule has 1 aliphatic rings. The van der Waals surface area contributed by atoms with Crippen LogP contribution in [-0.4, -0.2) is 23.9 Å². The predicted octanol–water partition coefficient (Wildman–Crippen LogP) is 5.17. The molecule has 134 valence electrons. The van der Waals surface area contributed by atoms with Crippen LogP contribution in [0.2, 0.25) is 4.34 Å². The number of thiophene rings is 1. The molecule has 0 aliphatic carbocycles. The van der Waals surface area contributed by atoms with Crippen LogP contribution in [0.5, 0.6) is 0 Å². The number of nitrogens with one attached hydrogen (secondary N) is 1. The molecule has 3 nitrogen and oxygen atoms in total. The Kier molecular flexibility index (Phi) is 6.45. The van der Waals surface area contributed by atoms with E-state index in [9.17, 15) is 9.18 Å². The van der Waals surface area contributed by atoms with Crippen molar-refractivity contribution in [1.29, 1.82) is 0 Å². The average molecular weight is 381 g/mol. The molecule has 1 N–H and O–H groups in total. The predicted molar refractivity (Wildman–Crippen MR) is 102 cm³/mol. The number of likely N-dealkylation sites (tertiary alicyclic amines) is 1. The van der Waals surface area contributed by atoms with Crippen molar-refractivity contribution in [1.82, 2.24) is 4.90 Å². The van der Waals surface area contributed by atoms with Crippen LogP contribution in [0.25, 0.3) is 0 Å². The van der Waals surface area contributed by atoms with E-state index in [4.69, 9.17) is 11.6 Å². The number of benzene rings is 1. The number of piperidine rings is 1. The fourth-order valence-electron chi connectivity index (χ4n) is 3.30. The fraction of sp³-hybridized carbons (Fsp3) is 0.421. The molecule has 1 aromatic heterocycles. The Balaban J connectivity index is 1.44. The third-order valence-corrected chi connectivity index (χ3v) is 5.75. The lowest BCUT2D eigenvalue weighted by atomic mass is 9.93. The van der Waals surface area contributed by atoms with Crippen molar-refractivity contribution in [3.8, 4) is 0 Å². The number of amides is 1. The first-order valence-corrected chi connectivity index (χ1v) is 9.80. The zero-order chi connectivity index (χ0) is 17.6. The molecule has 1 fully saturated rings. The first-order valence-electron chi connectivity index (χ1n) is 8.61. The number of carbonyl (C=O) groups is 1. The minimum atomic E-state index is -0.394. The van der Waals surface area contributed by atoms with E-state index in [1.54, 1.807) is 29.5 Å². The van der Waals surface area contributed by atoms with Gasteiger partial charge in [-0.1, -0.05) is 23.7 Å². The van der Waals surface area contributed by atoms with Gasteiger partial charge in [0.1, 0.15) is 5.82 Å². The van der Waals surface area contributed by atoms with E-state index in [0.717, 1.165) is 43.2 Å². The molecular weight excluding hydrogens is 359 g/mol. The summed E-state index contributed by atoms with van der Waals surface area (Å²) in [4.78, 5) is 15.8. The van der Waals surface area contributed by atoms with Crippen LogP contribution in [0.3, 0.4) is 0 Å². The van der Waals surface area contributed by atoms with Crippen LogP contribution in [0, 0.1) is 11.7 Å². The van der Waals surface area contributed by atoms with Crippen molar-refractivity contribution < 1.29 is 9.18 Å². The summed E-state index contributed by atoms with van der Waals surface area (Å²) >= 11 is 7.63. The summed E-state index contributed by atoms with van der Waals surface area (Å²) in [5.41, 5.74) is 0.257. The molecule has 25 heavy (non-hydrogen) atoms. The van der Waals surface area contributed by atoms with Crippen molar-refractivity contribution >= 4 is 34.5 Å². The minimum Gasteiger partial charge on any atom is -0.324 e. The highest BCUT2D eigenvalue weighted by Gasteiger charge is 2.21. The summed E-state index contributed by atoms with van der Waals surface area (Å²) in [6.45, 7) is 3.02. The average Bonchev–Trinajstić information content (AvgIpc) is 3.00. The lowest BCUT2D eigenvalue weighted by Crippen LogP contribution is -2.35. The van der Waals surface area contributed by atoms with Crippen molar-refractivity contribution in [3.63, 3.8) is 0 Å². The molecule has 2 aromatic rings. The SMILES string of the molecule is O=C(CC[C@@H]1CCCN(Cc2ccc(Cl)s2)C1)Nc1ccccc1F. The van der Waals surface area contributed by atoms with Gasteiger partial charge in [-0.05, 0) is 56.0 Å². The fourth-order valence-corrected chi connectivity index (χ4v) is 4.43. The summed E-state index contributed by atoms with van der Waals surface area (Å²) in [5.74, 6) is -0.00267. The van der Waals surface area contributed by atoms with E-state index in [-0.39, 0.29) is 11.6 Å². The van der Waals surface area contributed by atoms with Gasteiger partial charge in [-0.25, -0.2) is 4.39 Å². The van der Waals surface area contributed by atoms with Gasteiger partial charge in [0.05, 0.1) is 10.0 Å². The number of hydrogen-bond donors (Lipinski definition) is 1. The zero-order valence-electron chi connectivity index (χ0n) is 14.0. The van der Waals surface area contributed by atoms with Gasteiger partial charge < -0.3 is 5.32 Å². The molecule has 0 bridgehead atoms. The summed E-state index contributed by atoms with van der Waals surface area (Å²) in [6.07, 6.45) is 3.56. The topological polar surface area (TPSA) is 32.3 Å². The molecule has 0 saturated carbocycles. The molecule has 1 amide bonds. The molecule has 0 unspecified atom stereocenters. The summed E-state index contributed by atoms with van der Waals surface area (Å²) in [7, 11) is 0. The smallest absolute Gasteiger partial charge is 0.224 e. The summed E-state index contributed by atoms with van der Waals surface area (Å²) in [5, 5.41) is 2.66. The molecule has 1 atom stereocenters. The standard InChI is InChI=1S/C19H22ClFN2OS/c20-18-9-8-15(25-18)13-23-11-3-4-14(12-23)7-10-19(24)22-17-6-2-1-5-16(17)21/h1-2,5-6,8-9,14H,3-4,7,10-13H2,(H,22,24)/t14-/m0/s1. The van der Waals surface area contributed by atoms with E-state index in [2.05, 4.69) is 16.3 Å². The van der Waals surface area contributed by atoms with E-state index in [0.29, 0.717) is 12.3 Å². The van der Waals surface area contributed by atoms with Gasteiger partial charge in [0.15, 0.2) is 0 Å². The van der Waals surface area contributed by atoms with E-state index in [1.165, 1.54) is 10.9 Å². The van der Waals surface area contributed by atoms with E-state index < -0.39 is 5.82 Å². The monoisotopic (exact) mass is 380 g/mol. The van der Waals surface area contributed by atoms with E-state index >= 15 is 0 Å². The van der Waals surface area contributed by atoms with Crippen LogP contribution in [-0.2, 0) is 11.3 Å². The van der Waals surface area contributed by atoms with Gasteiger partial charge in [-0.2, -0.15) is 0 Å². The highest BCUT2D eigenvalue weighted by atomic mass is 35.5. The normalized spacial score (nSPS) is 18.2. The molecule has 3 rings (SSSR count). The second-order valence-electron chi connectivity index (χ2n) is 6.52. The Labute approximate surface area is 156 Å². The molecular formula is C19H22ClFN2OS. The van der Waals surface area contributed by atoms with E-state index in [1.807, 2.05) is 6.07 Å². The first-order chi connectivity index (χ1) is 12.1. The number of para-hydroxylation sites is 1. The van der Waals surface area contributed by atoms with Gasteiger partial charge in [0, 0.05) is 24.4 Å². The molecule has 0 spiro atoms. The Hall–Kier alpha value is -1.43. The molecule has 0 radical (unpaired) electrons. The molecule has 1 saturated heterocycles. The molecule has 1 aliphatic heterocycles. The van der Waals surface area contributed by atoms with Gasteiger partial charge in [-0.15, -0.1) is 11.3 Å². The van der Waals surface area contributed by atoms with Gasteiger partial charge >= 0.3 is 0 Å². The van der Waals surface area contributed by atoms with Crippen molar-refractivity contribution in [2.24, 2.45) is 5.92 Å². The van der Waals surface area contributed by atoms with Crippen LogP contribution < -0.4 is 5.32 Å². The summed E-state index contributed by atoms with van der Waals surface area (Å²) in [6, 6.07) is 10.3. The third-order valence-electron chi connectivity index (χ3n) is 4.54. The number of carbonyl (C=O) groups excluding carboxylic acids is 1. The Morgan fingerprint density at radius 1 is 1.32 bits per heavy atom. The van der Waals surface area contributed by atoms with Crippen LogP contribution >= 0.6 is 22.9 Å². The number of rotatable bonds is 6. The third kappa shape index (κ3) is 5.53. The van der Waals surface area contributed by atoms with Crippen LogP contribution in [0.1, 0.15) is 30.6 Å². The Morgan fingerprint density at radius 3 is 2.92 bits per heavy atom. The number of halogens is 2. The Bertz CT molecular complexity index is 721. The quantitative estimate of drug-likeness (QED) is 0.749. The minimum absolute atomic E-state index is 0.118.